The van der Waals surface area contributed by atoms with Gasteiger partial charge < -0.3 is 15.5 Å². The third-order valence-corrected chi connectivity index (χ3v) is 2.80. The lowest BCUT2D eigenvalue weighted by Gasteiger charge is -2.14. The SMILES string of the molecule is CCC1(CNC[C@H](O)CO)CC1. The van der Waals surface area contributed by atoms with Crippen molar-refractivity contribution in [3.05, 3.63) is 0 Å². The molecule has 0 unspecified atom stereocenters. The van der Waals surface area contributed by atoms with Gasteiger partial charge in [-0.3, -0.25) is 0 Å². The van der Waals surface area contributed by atoms with Gasteiger partial charge in [-0.15, -0.1) is 0 Å². The van der Waals surface area contributed by atoms with E-state index in [1.54, 1.807) is 0 Å². The Balaban J connectivity index is 2.02. The first-order valence-corrected chi connectivity index (χ1v) is 4.72. The third-order valence-electron chi connectivity index (χ3n) is 2.80. The zero-order valence-corrected chi connectivity index (χ0v) is 7.71. The average molecular weight is 173 g/mol. The molecule has 3 nitrogen and oxygen atoms in total. The summed E-state index contributed by atoms with van der Waals surface area (Å²) in [4.78, 5) is 0. The Hall–Kier alpha value is -0.120. The molecule has 1 atom stereocenters. The summed E-state index contributed by atoms with van der Waals surface area (Å²) in [6.07, 6.45) is 3.24. The molecule has 1 aliphatic carbocycles. The molecule has 0 spiro atoms. The fourth-order valence-corrected chi connectivity index (χ4v) is 1.40. The second-order valence-electron chi connectivity index (χ2n) is 3.82. The Labute approximate surface area is 73.8 Å². The molecule has 0 bridgehead atoms. The molecule has 0 aromatic heterocycles. The topological polar surface area (TPSA) is 52.5 Å². The Morgan fingerprint density at radius 3 is 2.58 bits per heavy atom. The molecule has 0 radical (unpaired) electrons. The lowest BCUT2D eigenvalue weighted by atomic mass is 10.0. The molecule has 1 saturated carbocycles. The van der Waals surface area contributed by atoms with E-state index in [2.05, 4.69) is 12.2 Å². The highest BCUT2D eigenvalue weighted by molar-refractivity contribution is 4.93. The minimum absolute atomic E-state index is 0.147. The summed E-state index contributed by atoms with van der Waals surface area (Å²) < 4.78 is 0. The normalized spacial score (nSPS) is 22.2. The van der Waals surface area contributed by atoms with Gasteiger partial charge in [-0.1, -0.05) is 6.92 Å². The first kappa shape index (κ1) is 9.96. The summed E-state index contributed by atoms with van der Waals surface area (Å²) in [6.45, 7) is 3.56. The molecule has 0 aromatic carbocycles. The number of rotatable bonds is 6. The monoisotopic (exact) mass is 173 g/mol. The van der Waals surface area contributed by atoms with E-state index in [0.717, 1.165) is 6.54 Å². The van der Waals surface area contributed by atoms with Crippen molar-refractivity contribution in [3.8, 4) is 0 Å². The van der Waals surface area contributed by atoms with Gasteiger partial charge in [0.15, 0.2) is 0 Å². The van der Waals surface area contributed by atoms with Crippen LogP contribution in [0.15, 0.2) is 0 Å². The van der Waals surface area contributed by atoms with E-state index >= 15 is 0 Å². The van der Waals surface area contributed by atoms with Gasteiger partial charge in [0.1, 0.15) is 0 Å². The van der Waals surface area contributed by atoms with Crippen LogP contribution in [0, 0.1) is 5.41 Å². The van der Waals surface area contributed by atoms with Gasteiger partial charge in [0.05, 0.1) is 12.7 Å². The van der Waals surface area contributed by atoms with Crippen molar-refractivity contribution in [2.24, 2.45) is 5.41 Å². The summed E-state index contributed by atoms with van der Waals surface area (Å²) >= 11 is 0. The number of nitrogens with one attached hydrogen (secondary N) is 1. The van der Waals surface area contributed by atoms with Crippen LogP contribution in [0.3, 0.4) is 0 Å². The van der Waals surface area contributed by atoms with E-state index in [0.29, 0.717) is 12.0 Å². The molecule has 0 aliphatic heterocycles. The van der Waals surface area contributed by atoms with Crippen LogP contribution < -0.4 is 5.32 Å². The highest BCUT2D eigenvalue weighted by Gasteiger charge is 2.39. The van der Waals surface area contributed by atoms with Gasteiger partial charge in [-0.2, -0.15) is 0 Å². The Morgan fingerprint density at radius 1 is 1.50 bits per heavy atom. The zero-order valence-electron chi connectivity index (χ0n) is 7.71. The second-order valence-corrected chi connectivity index (χ2v) is 3.82. The molecular formula is C9H19NO2. The van der Waals surface area contributed by atoms with E-state index in [1.165, 1.54) is 19.3 Å². The quantitative estimate of drug-likeness (QED) is 0.535. The van der Waals surface area contributed by atoms with Crippen molar-refractivity contribution in [2.45, 2.75) is 32.3 Å². The zero-order chi connectivity index (χ0) is 9.03. The molecule has 3 N–H and O–H groups in total. The van der Waals surface area contributed by atoms with Crippen LogP contribution in [0.5, 0.6) is 0 Å². The van der Waals surface area contributed by atoms with Gasteiger partial charge >= 0.3 is 0 Å². The van der Waals surface area contributed by atoms with Crippen LogP contribution in [0.2, 0.25) is 0 Å². The lowest BCUT2D eigenvalue weighted by Crippen LogP contribution is -2.33. The van der Waals surface area contributed by atoms with Crippen LogP contribution in [0.25, 0.3) is 0 Å². The van der Waals surface area contributed by atoms with E-state index in [4.69, 9.17) is 10.2 Å². The van der Waals surface area contributed by atoms with Crippen molar-refractivity contribution in [3.63, 3.8) is 0 Å². The molecule has 1 fully saturated rings. The number of hydrogen-bond donors (Lipinski definition) is 3. The molecule has 0 amide bonds. The van der Waals surface area contributed by atoms with E-state index in [1.807, 2.05) is 0 Å². The first-order chi connectivity index (χ1) is 5.72. The predicted molar refractivity (Wildman–Crippen MR) is 47.9 cm³/mol. The van der Waals surface area contributed by atoms with Gasteiger partial charge in [0, 0.05) is 13.1 Å². The number of aliphatic hydroxyl groups is 2. The Kier molecular flexibility index (Phi) is 3.50. The van der Waals surface area contributed by atoms with Crippen molar-refractivity contribution in [1.29, 1.82) is 0 Å². The molecule has 1 aliphatic rings. The summed E-state index contributed by atoms with van der Waals surface area (Å²) in [6, 6.07) is 0. The number of aliphatic hydroxyl groups excluding tert-OH is 2. The molecule has 1 rings (SSSR count). The highest BCUT2D eigenvalue weighted by atomic mass is 16.3. The standard InChI is InChI=1S/C9H19NO2/c1-2-9(3-4-9)7-10-5-8(12)6-11/h8,10-12H,2-7H2,1H3/t8-/m0/s1. The summed E-state index contributed by atoms with van der Waals surface area (Å²) in [5.74, 6) is 0. The van der Waals surface area contributed by atoms with E-state index in [-0.39, 0.29) is 6.61 Å². The van der Waals surface area contributed by atoms with E-state index in [9.17, 15) is 0 Å². The molecule has 3 heteroatoms. The van der Waals surface area contributed by atoms with Gasteiger partial charge in [-0.25, -0.2) is 0 Å². The summed E-state index contributed by atoms with van der Waals surface area (Å²) in [7, 11) is 0. The van der Waals surface area contributed by atoms with Crippen molar-refractivity contribution in [1.82, 2.24) is 5.32 Å². The largest absolute Gasteiger partial charge is 0.394 e. The fourth-order valence-electron chi connectivity index (χ4n) is 1.40. The highest BCUT2D eigenvalue weighted by Crippen LogP contribution is 2.47. The minimum Gasteiger partial charge on any atom is -0.394 e. The fraction of sp³-hybridized carbons (Fsp3) is 1.00. The van der Waals surface area contributed by atoms with Crippen LogP contribution in [0.1, 0.15) is 26.2 Å². The van der Waals surface area contributed by atoms with Crippen LogP contribution in [0.4, 0.5) is 0 Å². The van der Waals surface area contributed by atoms with E-state index < -0.39 is 6.10 Å². The van der Waals surface area contributed by atoms with Gasteiger partial charge in [0.2, 0.25) is 0 Å². The molecule has 0 aromatic rings. The molecule has 12 heavy (non-hydrogen) atoms. The minimum atomic E-state index is -0.599. The maximum absolute atomic E-state index is 9.04. The van der Waals surface area contributed by atoms with Gasteiger partial charge in [0.25, 0.3) is 0 Å². The number of hydrogen-bond acceptors (Lipinski definition) is 3. The third kappa shape index (κ3) is 2.73. The Bertz CT molecular complexity index is 134. The smallest absolute Gasteiger partial charge is 0.0894 e. The molecule has 0 heterocycles. The first-order valence-electron chi connectivity index (χ1n) is 4.72. The second kappa shape index (κ2) is 4.21. The molecule has 72 valence electrons. The molecular weight excluding hydrogens is 154 g/mol. The van der Waals surface area contributed by atoms with Crippen molar-refractivity contribution < 1.29 is 10.2 Å². The Morgan fingerprint density at radius 2 is 2.17 bits per heavy atom. The van der Waals surface area contributed by atoms with Crippen LogP contribution in [-0.2, 0) is 0 Å². The summed E-state index contributed by atoms with van der Waals surface area (Å²) in [5.41, 5.74) is 0.523. The van der Waals surface area contributed by atoms with Crippen LogP contribution in [-0.4, -0.2) is 36.0 Å². The van der Waals surface area contributed by atoms with Crippen molar-refractivity contribution in [2.75, 3.05) is 19.7 Å². The summed E-state index contributed by atoms with van der Waals surface area (Å²) in [5, 5.41) is 20.8. The maximum Gasteiger partial charge on any atom is 0.0894 e. The predicted octanol–water partition coefficient (Wildman–Crippen LogP) is 0.119. The average Bonchev–Trinajstić information content (AvgIpc) is 2.85. The molecule has 0 saturated heterocycles. The lowest BCUT2D eigenvalue weighted by molar-refractivity contribution is 0.0932. The van der Waals surface area contributed by atoms with Crippen molar-refractivity contribution >= 4 is 0 Å². The van der Waals surface area contributed by atoms with Crippen LogP contribution >= 0.6 is 0 Å². The van der Waals surface area contributed by atoms with Gasteiger partial charge in [-0.05, 0) is 24.7 Å². The maximum atomic E-state index is 9.04.